The van der Waals surface area contributed by atoms with E-state index in [1.807, 2.05) is 0 Å². The van der Waals surface area contributed by atoms with Crippen LogP contribution < -0.4 is 5.32 Å². The molecular weight excluding hydrogens is 296 g/mol. The van der Waals surface area contributed by atoms with Crippen molar-refractivity contribution in [2.45, 2.75) is 70.4 Å². The number of hydrogen-bond acceptors (Lipinski definition) is 5. The van der Waals surface area contributed by atoms with Gasteiger partial charge in [-0.15, -0.1) is 10.2 Å². The summed E-state index contributed by atoms with van der Waals surface area (Å²) >= 11 is 0. The zero-order valence-electron chi connectivity index (χ0n) is 12.9. The van der Waals surface area contributed by atoms with Gasteiger partial charge in [-0.2, -0.15) is 8.78 Å². The Balaban J connectivity index is 1.81. The van der Waals surface area contributed by atoms with Crippen molar-refractivity contribution in [3.05, 3.63) is 11.8 Å². The number of alkyl halides is 2. The molecule has 1 aromatic heterocycles. The van der Waals surface area contributed by atoms with Crippen LogP contribution in [-0.2, 0) is 4.74 Å². The first-order valence-corrected chi connectivity index (χ1v) is 7.35. The summed E-state index contributed by atoms with van der Waals surface area (Å²) in [5.74, 6) is -0.410. The monoisotopic (exact) mass is 317 g/mol. The summed E-state index contributed by atoms with van der Waals surface area (Å²) in [4.78, 5) is 11.7. The summed E-state index contributed by atoms with van der Waals surface area (Å²) < 4.78 is 35.1. The molecule has 0 aromatic carbocycles. The quantitative estimate of drug-likeness (QED) is 0.922. The topological polar surface area (TPSA) is 77.2 Å². The average Bonchev–Trinajstić information content (AvgIpc) is 2.87. The molecule has 1 saturated carbocycles. The van der Waals surface area contributed by atoms with Crippen LogP contribution in [0.1, 0.15) is 70.6 Å². The van der Waals surface area contributed by atoms with Crippen molar-refractivity contribution in [1.82, 2.24) is 15.5 Å². The SMILES string of the molecule is CC(C)(C)OC(=O)NC1CCC(c2nnc(C(F)F)o2)CC1. The molecular formula is C14H21F2N3O3. The highest BCUT2D eigenvalue weighted by Gasteiger charge is 2.29. The number of nitrogens with zero attached hydrogens (tertiary/aromatic N) is 2. The van der Waals surface area contributed by atoms with Gasteiger partial charge in [0.15, 0.2) is 0 Å². The Kier molecular flexibility index (Phi) is 4.97. The maximum atomic E-state index is 12.4. The van der Waals surface area contributed by atoms with E-state index in [0.717, 1.165) is 12.8 Å². The smallest absolute Gasteiger partial charge is 0.407 e. The number of aromatic nitrogens is 2. The number of carbonyl (C=O) groups excluding carboxylic acids is 1. The summed E-state index contributed by atoms with van der Waals surface area (Å²) in [6.07, 6.45) is -0.344. The van der Waals surface area contributed by atoms with Crippen LogP contribution in [0, 0.1) is 0 Å². The van der Waals surface area contributed by atoms with Crippen LogP contribution in [0.25, 0.3) is 0 Å². The average molecular weight is 317 g/mol. The Labute approximate surface area is 127 Å². The first-order valence-electron chi connectivity index (χ1n) is 7.35. The van der Waals surface area contributed by atoms with Gasteiger partial charge in [-0.1, -0.05) is 0 Å². The lowest BCUT2D eigenvalue weighted by Gasteiger charge is -2.28. The molecule has 1 heterocycles. The lowest BCUT2D eigenvalue weighted by Crippen LogP contribution is -2.40. The van der Waals surface area contributed by atoms with Crippen LogP contribution in [0.3, 0.4) is 0 Å². The van der Waals surface area contributed by atoms with Crippen molar-refractivity contribution in [2.75, 3.05) is 0 Å². The molecule has 0 radical (unpaired) electrons. The maximum absolute atomic E-state index is 12.4. The summed E-state index contributed by atoms with van der Waals surface area (Å²) in [7, 11) is 0. The molecule has 1 amide bonds. The van der Waals surface area contributed by atoms with E-state index in [1.165, 1.54) is 0 Å². The van der Waals surface area contributed by atoms with Gasteiger partial charge in [-0.05, 0) is 46.5 Å². The largest absolute Gasteiger partial charge is 0.444 e. The van der Waals surface area contributed by atoms with Crippen LogP contribution >= 0.6 is 0 Å². The normalized spacial score (nSPS) is 22.6. The molecule has 0 bridgehead atoms. The second-order valence-corrected chi connectivity index (χ2v) is 6.47. The number of carbonyl (C=O) groups is 1. The van der Waals surface area contributed by atoms with Crippen LogP contribution in [0.15, 0.2) is 4.42 Å². The minimum absolute atomic E-state index is 0.0172. The van der Waals surface area contributed by atoms with E-state index in [2.05, 4.69) is 15.5 Å². The van der Waals surface area contributed by atoms with Crippen LogP contribution in [0.4, 0.5) is 13.6 Å². The molecule has 8 heteroatoms. The number of ether oxygens (including phenoxy) is 1. The van der Waals surface area contributed by atoms with E-state index in [0.29, 0.717) is 12.8 Å². The standard InChI is InChI=1S/C14H21F2N3O3/c1-14(2,3)22-13(20)17-9-6-4-8(5-7-9)11-18-19-12(21-11)10(15)16/h8-10H,4-7H2,1-3H3,(H,17,20). The molecule has 1 aromatic rings. The molecule has 1 N–H and O–H groups in total. The molecule has 1 aliphatic rings. The van der Waals surface area contributed by atoms with Crippen molar-refractivity contribution in [3.63, 3.8) is 0 Å². The third-order valence-electron chi connectivity index (χ3n) is 3.44. The summed E-state index contributed by atoms with van der Waals surface area (Å²) in [6, 6.07) is 0.0172. The van der Waals surface area contributed by atoms with Crippen molar-refractivity contribution in [1.29, 1.82) is 0 Å². The highest BCUT2D eigenvalue weighted by molar-refractivity contribution is 5.68. The third-order valence-corrected chi connectivity index (χ3v) is 3.44. The van der Waals surface area contributed by atoms with Crippen LogP contribution in [-0.4, -0.2) is 27.9 Å². The van der Waals surface area contributed by atoms with E-state index in [4.69, 9.17) is 9.15 Å². The van der Waals surface area contributed by atoms with Gasteiger partial charge in [0.05, 0.1) is 0 Å². The van der Waals surface area contributed by atoms with Gasteiger partial charge in [0.1, 0.15) is 5.60 Å². The van der Waals surface area contributed by atoms with Crippen molar-refractivity contribution in [3.8, 4) is 0 Å². The zero-order chi connectivity index (χ0) is 16.3. The molecule has 1 aliphatic carbocycles. The first kappa shape index (κ1) is 16.6. The molecule has 0 atom stereocenters. The zero-order valence-corrected chi connectivity index (χ0v) is 12.9. The van der Waals surface area contributed by atoms with Gasteiger partial charge in [0.2, 0.25) is 5.89 Å². The molecule has 6 nitrogen and oxygen atoms in total. The summed E-state index contributed by atoms with van der Waals surface area (Å²) in [6.45, 7) is 5.42. The van der Waals surface area contributed by atoms with E-state index in [9.17, 15) is 13.6 Å². The maximum Gasteiger partial charge on any atom is 0.407 e. The van der Waals surface area contributed by atoms with Gasteiger partial charge >= 0.3 is 12.5 Å². The van der Waals surface area contributed by atoms with Gasteiger partial charge in [-0.25, -0.2) is 4.79 Å². The Hall–Kier alpha value is -1.73. The van der Waals surface area contributed by atoms with Gasteiger partial charge < -0.3 is 14.5 Å². The second kappa shape index (κ2) is 6.58. The lowest BCUT2D eigenvalue weighted by atomic mass is 9.86. The number of nitrogens with one attached hydrogen (secondary N) is 1. The number of hydrogen-bond donors (Lipinski definition) is 1. The minimum atomic E-state index is -2.74. The molecule has 0 saturated heterocycles. The number of alkyl carbamates (subject to hydrolysis) is 1. The molecule has 124 valence electrons. The Morgan fingerprint density at radius 3 is 2.41 bits per heavy atom. The fraction of sp³-hybridized carbons (Fsp3) is 0.786. The molecule has 22 heavy (non-hydrogen) atoms. The van der Waals surface area contributed by atoms with E-state index < -0.39 is 24.0 Å². The first-order chi connectivity index (χ1) is 10.2. The predicted molar refractivity (Wildman–Crippen MR) is 73.6 cm³/mol. The predicted octanol–water partition coefficient (Wildman–Crippen LogP) is 3.56. The molecule has 0 spiro atoms. The van der Waals surface area contributed by atoms with Gasteiger partial charge in [0.25, 0.3) is 5.89 Å². The lowest BCUT2D eigenvalue weighted by molar-refractivity contribution is 0.0489. The van der Waals surface area contributed by atoms with Crippen molar-refractivity contribution < 1.29 is 22.7 Å². The van der Waals surface area contributed by atoms with E-state index in [-0.39, 0.29) is 17.9 Å². The highest BCUT2D eigenvalue weighted by atomic mass is 19.3. The number of halogens is 2. The Morgan fingerprint density at radius 1 is 1.27 bits per heavy atom. The number of amides is 1. The van der Waals surface area contributed by atoms with Crippen molar-refractivity contribution >= 4 is 6.09 Å². The third kappa shape index (κ3) is 4.64. The molecule has 2 rings (SSSR count). The van der Waals surface area contributed by atoms with E-state index in [1.54, 1.807) is 20.8 Å². The fourth-order valence-electron chi connectivity index (χ4n) is 2.46. The molecule has 0 unspecified atom stereocenters. The minimum Gasteiger partial charge on any atom is -0.444 e. The van der Waals surface area contributed by atoms with E-state index >= 15 is 0 Å². The molecule has 1 fully saturated rings. The van der Waals surface area contributed by atoms with Crippen LogP contribution in [0.2, 0.25) is 0 Å². The van der Waals surface area contributed by atoms with Crippen LogP contribution in [0.5, 0.6) is 0 Å². The Bertz CT molecular complexity index is 506. The Morgan fingerprint density at radius 2 is 1.91 bits per heavy atom. The fourth-order valence-corrected chi connectivity index (χ4v) is 2.46. The summed E-state index contributed by atoms with van der Waals surface area (Å²) in [5.41, 5.74) is -0.531. The van der Waals surface area contributed by atoms with Gasteiger partial charge in [0, 0.05) is 12.0 Å². The second-order valence-electron chi connectivity index (χ2n) is 6.47. The highest BCUT2D eigenvalue weighted by Crippen LogP contribution is 2.33. The van der Waals surface area contributed by atoms with Gasteiger partial charge in [-0.3, -0.25) is 0 Å². The van der Waals surface area contributed by atoms with Crippen molar-refractivity contribution in [2.24, 2.45) is 0 Å². The summed E-state index contributed by atoms with van der Waals surface area (Å²) in [5, 5.41) is 9.85. The number of rotatable bonds is 3. The molecule has 0 aliphatic heterocycles.